The van der Waals surface area contributed by atoms with E-state index in [9.17, 15) is 14.0 Å². The molecule has 0 radical (unpaired) electrons. The largest absolute Gasteiger partial charge is 0.446 e. The molecule has 3 amide bonds. The quantitative estimate of drug-likeness (QED) is 0.834. The van der Waals surface area contributed by atoms with Crippen LogP contribution >= 0.6 is 0 Å². The van der Waals surface area contributed by atoms with Crippen LogP contribution in [0.1, 0.15) is 5.56 Å². The van der Waals surface area contributed by atoms with Gasteiger partial charge in [-0.3, -0.25) is 0 Å². The maximum atomic E-state index is 13.4. The number of benzene rings is 1. The molecule has 6 heteroatoms. The predicted octanol–water partition coefficient (Wildman–Crippen LogP) is 1.37. The van der Waals surface area contributed by atoms with Gasteiger partial charge in [0.1, 0.15) is 12.8 Å². The first-order chi connectivity index (χ1) is 8.08. The first-order valence-electron chi connectivity index (χ1n) is 4.99. The van der Waals surface area contributed by atoms with Gasteiger partial charge in [0.15, 0.2) is 0 Å². The molecule has 1 aromatic rings. The molecule has 92 valence electrons. The molecule has 0 aromatic heterocycles. The van der Waals surface area contributed by atoms with Gasteiger partial charge in [0.25, 0.3) is 0 Å². The number of ether oxygens (including phenoxy) is 1. The van der Waals surface area contributed by atoms with Crippen molar-refractivity contribution in [1.29, 1.82) is 0 Å². The van der Waals surface area contributed by atoms with Crippen molar-refractivity contribution in [3.63, 3.8) is 0 Å². The van der Waals surface area contributed by atoms with Gasteiger partial charge in [-0.05, 0) is 5.56 Å². The van der Waals surface area contributed by atoms with Crippen LogP contribution < -0.4 is 11.1 Å². The Kier molecular flexibility index (Phi) is 4.93. The number of hydrogen-bond acceptors (Lipinski definition) is 3. The van der Waals surface area contributed by atoms with Gasteiger partial charge in [-0.25, -0.2) is 19.3 Å². The molecule has 17 heavy (non-hydrogen) atoms. The molecule has 0 unspecified atom stereocenters. The Balaban J connectivity index is 2.28. The zero-order chi connectivity index (χ0) is 12.7. The van der Waals surface area contributed by atoms with Crippen molar-refractivity contribution in [3.05, 3.63) is 35.9 Å². The van der Waals surface area contributed by atoms with Crippen LogP contribution in [0.4, 0.5) is 14.0 Å². The molecular formula is C11H13FN2O3. The van der Waals surface area contributed by atoms with Crippen LogP contribution in [0.2, 0.25) is 0 Å². The molecule has 1 atom stereocenters. The number of amides is 3. The summed E-state index contributed by atoms with van der Waals surface area (Å²) in [5.41, 5.74) is 5.48. The van der Waals surface area contributed by atoms with Crippen LogP contribution in [-0.2, 0) is 11.2 Å². The number of primary amides is 1. The Morgan fingerprint density at radius 3 is 2.59 bits per heavy atom. The molecule has 0 heterocycles. The van der Waals surface area contributed by atoms with E-state index >= 15 is 0 Å². The van der Waals surface area contributed by atoms with E-state index in [1.165, 1.54) is 0 Å². The van der Waals surface area contributed by atoms with E-state index in [0.29, 0.717) is 0 Å². The number of nitrogens with two attached hydrogens (primary N) is 1. The Labute approximate surface area is 97.7 Å². The normalized spacial score (nSPS) is 11.6. The van der Waals surface area contributed by atoms with E-state index in [4.69, 9.17) is 0 Å². The van der Waals surface area contributed by atoms with E-state index in [0.717, 1.165) is 5.56 Å². The molecule has 0 saturated carbocycles. The third kappa shape index (κ3) is 5.50. The summed E-state index contributed by atoms with van der Waals surface area (Å²) in [4.78, 5) is 21.1. The van der Waals surface area contributed by atoms with Gasteiger partial charge >= 0.3 is 12.1 Å². The van der Waals surface area contributed by atoms with Gasteiger partial charge in [-0.2, -0.15) is 0 Å². The lowest BCUT2D eigenvalue weighted by atomic mass is 10.1. The van der Waals surface area contributed by atoms with Gasteiger partial charge in [-0.15, -0.1) is 0 Å². The van der Waals surface area contributed by atoms with Crippen molar-refractivity contribution in [2.45, 2.75) is 12.6 Å². The molecule has 0 saturated heterocycles. The van der Waals surface area contributed by atoms with Crippen LogP contribution in [0.15, 0.2) is 30.3 Å². The molecule has 3 N–H and O–H groups in total. The zero-order valence-corrected chi connectivity index (χ0v) is 9.06. The first kappa shape index (κ1) is 13.0. The standard InChI is InChI=1S/C11H13FN2O3/c12-9(6-8-4-2-1-3-5-8)7-17-11(16)14-10(13)15/h1-5,9H,6-7H2,(H3,13,14,15,16)/t9-/m1/s1. The van der Waals surface area contributed by atoms with Crippen molar-refractivity contribution in [1.82, 2.24) is 5.32 Å². The third-order valence-corrected chi connectivity index (χ3v) is 1.92. The van der Waals surface area contributed by atoms with Gasteiger partial charge in [0.2, 0.25) is 0 Å². The number of nitrogens with one attached hydrogen (secondary N) is 1. The average Bonchev–Trinajstić information content (AvgIpc) is 2.27. The summed E-state index contributed by atoms with van der Waals surface area (Å²) in [7, 11) is 0. The molecule has 0 fully saturated rings. The van der Waals surface area contributed by atoms with Crippen LogP contribution in [0.5, 0.6) is 0 Å². The van der Waals surface area contributed by atoms with Crippen LogP contribution in [0.3, 0.4) is 0 Å². The van der Waals surface area contributed by atoms with Crippen LogP contribution in [-0.4, -0.2) is 24.9 Å². The smallest absolute Gasteiger partial charge is 0.415 e. The van der Waals surface area contributed by atoms with Gasteiger partial charge in [0.05, 0.1) is 0 Å². The number of rotatable bonds is 4. The Morgan fingerprint density at radius 2 is 2.00 bits per heavy atom. The summed E-state index contributed by atoms with van der Waals surface area (Å²) >= 11 is 0. The van der Waals surface area contributed by atoms with Crippen LogP contribution in [0.25, 0.3) is 0 Å². The molecule has 0 aliphatic carbocycles. The zero-order valence-electron chi connectivity index (χ0n) is 9.06. The highest BCUT2D eigenvalue weighted by molar-refractivity contribution is 5.89. The third-order valence-electron chi connectivity index (χ3n) is 1.92. The predicted molar refractivity (Wildman–Crippen MR) is 59.1 cm³/mol. The van der Waals surface area contributed by atoms with Crippen molar-refractivity contribution < 1.29 is 18.7 Å². The van der Waals surface area contributed by atoms with Crippen molar-refractivity contribution in [2.24, 2.45) is 5.73 Å². The van der Waals surface area contributed by atoms with Crippen molar-refractivity contribution >= 4 is 12.1 Å². The van der Waals surface area contributed by atoms with Gasteiger partial charge in [-0.1, -0.05) is 30.3 Å². The first-order valence-corrected chi connectivity index (χ1v) is 4.99. The summed E-state index contributed by atoms with van der Waals surface area (Å²) in [5.74, 6) is 0. The minimum atomic E-state index is -1.32. The van der Waals surface area contributed by atoms with Crippen molar-refractivity contribution in [2.75, 3.05) is 6.61 Å². The number of alkyl carbamates (subject to hydrolysis) is 1. The average molecular weight is 240 g/mol. The summed E-state index contributed by atoms with van der Waals surface area (Å²) in [6.07, 6.45) is -2.23. The summed E-state index contributed by atoms with van der Waals surface area (Å²) in [6, 6.07) is 7.93. The number of alkyl halides is 1. The monoisotopic (exact) mass is 240 g/mol. The molecule has 0 aliphatic heterocycles. The van der Waals surface area contributed by atoms with E-state index in [-0.39, 0.29) is 6.42 Å². The highest BCUT2D eigenvalue weighted by Gasteiger charge is 2.12. The highest BCUT2D eigenvalue weighted by atomic mass is 19.1. The van der Waals surface area contributed by atoms with Gasteiger partial charge < -0.3 is 10.5 Å². The Hall–Kier alpha value is -2.11. The van der Waals surface area contributed by atoms with E-state index in [2.05, 4.69) is 10.5 Å². The maximum Gasteiger partial charge on any atom is 0.415 e. The molecular weight excluding hydrogens is 227 g/mol. The number of hydrogen-bond donors (Lipinski definition) is 2. The molecule has 5 nitrogen and oxygen atoms in total. The number of halogens is 1. The number of carbonyl (C=O) groups is 2. The Bertz CT molecular complexity index is 384. The fraction of sp³-hybridized carbons (Fsp3) is 0.273. The molecule has 0 spiro atoms. The second-order valence-electron chi connectivity index (χ2n) is 3.37. The molecule has 1 aromatic carbocycles. The summed E-state index contributed by atoms with van der Waals surface area (Å²) in [5, 5.41) is 1.67. The molecule has 1 rings (SSSR count). The number of carbonyl (C=O) groups excluding carboxylic acids is 2. The second kappa shape index (κ2) is 6.47. The summed E-state index contributed by atoms with van der Waals surface area (Å²) in [6.45, 7) is -0.423. The minimum absolute atomic E-state index is 0.144. The minimum Gasteiger partial charge on any atom is -0.446 e. The summed E-state index contributed by atoms with van der Waals surface area (Å²) < 4.78 is 17.8. The SMILES string of the molecule is NC(=O)NC(=O)OC[C@H](F)Cc1ccccc1. The highest BCUT2D eigenvalue weighted by Crippen LogP contribution is 2.06. The van der Waals surface area contributed by atoms with E-state index in [1.54, 1.807) is 29.6 Å². The molecule has 0 bridgehead atoms. The fourth-order valence-corrected chi connectivity index (χ4v) is 1.23. The fourth-order valence-electron chi connectivity index (χ4n) is 1.23. The maximum absolute atomic E-state index is 13.4. The molecule has 0 aliphatic rings. The lowest BCUT2D eigenvalue weighted by Gasteiger charge is -2.09. The van der Waals surface area contributed by atoms with Crippen molar-refractivity contribution in [3.8, 4) is 0 Å². The topological polar surface area (TPSA) is 81.4 Å². The number of urea groups is 1. The second-order valence-corrected chi connectivity index (χ2v) is 3.37. The van der Waals surface area contributed by atoms with E-state index in [1.807, 2.05) is 6.07 Å². The number of imide groups is 1. The Morgan fingerprint density at radius 1 is 1.35 bits per heavy atom. The lowest BCUT2D eigenvalue weighted by Crippen LogP contribution is -2.36. The van der Waals surface area contributed by atoms with Crippen LogP contribution in [0, 0.1) is 0 Å². The lowest BCUT2D eigenvalue weighted by molar-refractivity contribution is 0.113. The van der Waals surface area contributed by atoms with E-state index < -0.39 is 24.9 Å². The van der Waals surface area contributed by atoms with Gasteiger partial charge in [0, 0.05) is 6.42 Å².